The predicted molar refractivity (Wildman–Crippen MR) is 141 cm³/mol. The summed E-state index contributed by atoms with van der Waals surface area (Å²) in [7, 11) is 1.48. The number of aryl methyl sites for hydroxylation is 3. The van der Waals surface area contributed by atoms with Gasteiger partial charge in [0, 0.05) is 23.5 Å². The molecular formula is C26H24N4O5S. The van der Waals surface area contributed by atoms with Crippen molar-refractivity contribution in [1.29, 1.82) is 0 Å². The van der Waals surface area contributed by atoms with Crippen LogP contribution in [-0.2, 0) is 9.59 Å². The third-order valence-corrected chi connectivity index (χ3v) is 6.24. The molecule has 1 aliphatic rings. The summed E-state index contributed by atoms with van der Waals surface area (Å²) < 4.78 is 7.22. The molecule has 1 aromatic heterocycles. The lowest BCUT2D eigenvalue weighted by Gasteiger charge is -2.29. The smallest absolute Gasteiger partial charge is 0.271 e. The van der Waals surface area contributed by atoms with E-state index in [-0.39, 0.29) is 16.4 Å². The Balaban J connectivity index is 1.82. The first-order valence-electron chi connectivity index (χ1n) is 11.0. The second kappa shape index (κ2) is 9.38. The number of carbonyl (C=O) groups is 2. The SMILES string of the molecule is COc1ccc([N+](=O)[O-])cc1-n1c(C)cc(/C=C2\C(=O)NC(=S)N(c3cc(C)cc(C)c3)C2=O)c1C. The first-order valence-corrected chi connectivity index (χ1v) is 11.4. The zero-order valence-corrected chi connectivity index (χ0v) is 21.2. The van der Waals surface area contributed by atoms with Crippen LogP contribution in [-0.4, -0.2) is 33.5 Å². The molecule has 0 bridgehead atoms. The Bertz CT molecular complexity index is 1470. The molecule has 0 spiro atoms. The molecule has 1 N–H and O–H groups in total. The minimum absolute atomic E-state index is 0.0129. The first-order chi connectivity index (χ1) is 17.0. The second-order valence-corrected chi connectivity index (χ2v) is 8.97. The van der Waals surface area contributed by atoms with E-state index in [0.717, 1.165) is 16.8 Å². The van der Waals surface area contributed by atoms with Crippen LogP contribution in [0.1, 0.15) is 28.1 Å². The molecule has 2 heterocycles. The number of nitro groups is 1. The van der Waals surface area contributed by atoms with Crippen LogP contribution in [0.25, 0.3) is 11.8 Å². The number of hydrogen-bond donors (Lipinski definition) is 1. The number of non-ortho nitro benzene ring substituents is 1. The summed E-state index contributed by atoms with van der Waals surface area (Å²) >= 11 is 5.32. The molecule has 0 unspecified atom stereocenters. The van der Waals surface area contributed by atoms with Crippen molar-refractivity contribution >= 4 is 46.6 Å². The number of ether oxygens (including phenoxy) is 1. The topological polar surface area (TPSA) is 107 Å². The summed E-state index contributed by atoms with van der Waals surface area (Å²) in [5.41, 5.74) is 4.81. The molecule has 9 nitrogen and oxygen atoms in total. The van der Waals surface area contributed by atoms with Gasteiger partial charge in [-0.25, -0.2) is 0 Å². The van der Waals surface area contributed by atoms with Crippen molar-refractivity contribution in [1.82, 2.24) is 9.88 Å². The summed E-state index contributed by atoms with van der Waals surface area (Å²) in [5, 5.41) is 14.0. The summed E-state index contributed by atoms with van der Waals surface area (Å²) in [4.78, 5) is 38.5. The van der Waals surface area contributed by atoms with E-state index in [1.165, 1.54) is 36.3 Å². The fourth-order valence-corrected chi connectivity index (χ4v) is 4.68. The van der Waals surface area contributed by atoms with Crippen molar-refractivity contribution in [2.75, 3.05) is 12.0 Å². The zero-order valence-electron chi connectivity index (χ0n) is 20.4. The van der Waals surface area contributed by atoms with Gasteiger partial charge in [0.25, 0.3) is 17.5 Å². The molecule has 1 fully saturated rings. The lowest BCUT2D eigenvalue weighted by Crippen LogP contribution is -2.54. The highest BCUT2D eigenvalue weighted by atomic mass is 32.1. The molecule has 0 saturated carbocycles. The molecule has 0 atom stereocenters. The van der Waals surface area contributed by atoms with Crippen molar-refractivity contribution in [3.05, 3.63) is 86.2 Å². The molecule has 4 rings (SSSR count). The van der Waals surface area contributed by atoms with Crippen LogP contribution < -0.4 is 15.0 Å². The fourth-order valence-electron chi connectivity index (χ4n) is 4.40. The van der Waals surface area contributed by atoms with Crippen LogP contribution in [0.4, 0.5) is 11.4 Å². The van der Waals surface area contributed by atoms with Crippen LogP contribution in [0.5, 0.6) is 5.75 Å². The van der Waals surface area contributed by atoms with Crippen LogP contribution in [0.2, 0.25) is 0 Å². The Labute approximate surface area is 213 Å². The van der Waals surface area contributed by atoms with Gasteiger partial charge in [0.15, 0.2) is 5.11 Å². The number of amides is 2. The number of anilines is 1. The Morgan fingerprint density at radius 1 is 1.03 bits per heavy atom. The van der Waals surface area contributed by atoms with Gasteiger partial charge in [-0.15, -0.1) is 0 Å². The highest BCUT2D eigenvalue weighted by molar-refractivity contribution is 7.80. The molecule has 0 radical (unpaired) electrons. The van der Waals surface area contributed by atoms with E-state index in [4.69, 9.17) is 17.0 Å². The van der Waals surface area contributed by atoms with Gasteiger partial charge in [-0.2, -0.15) is 0 Å². The maximum Gasteiger partial charge on any atom is 0.271 e. The monoisotopic (exact) mass is 504 g/mol. The number of rotatable bonds is 5. The maximum absolute atomic E-state index is 13.5. The van der Waals surface area contributed by atoms with E-state index in [9.17, 15) is 19.7 Å². The highest BCUT2D eigenvalue weighted by Crippen LogP contribution is 2.32. The lowest BCUT2D eigenvalue weighted by molar-refractivity contribution is -0.384. The van der Waals surface area contributed by atoms with Gasteiger partial charge in [0.1, 0.15) is 11.3 Å². The molecule has 184 valence electrons. The number of carbonyl (C=O) groups excluding carboxylic acids is 2. The molecule has 2 aromatic carbocycles. The second-order valence-electron chi connectivity index (χ2n) is 8.58. The predicted octanol–water partition coefficient (Wildman–Crippen LogP) is 4.46. The van der Waals surface area contributed by atoms with Gasteiger partial charge in [-0.3, -0.25) is 29.9 Å². The number of thiocarbonyl (C=S) groups is 1. The Hall–Kier alpha value is -4.31. The van der Waals surface area contributed by atoms with Crippen molar-refractivity contribution < 1.29 is 19.2 Å². The van der Waals surface area contributed by atoms with Crippen LogP contribution in [0, 0.1) is 37.8 Å². The van der Waals surface area contributed by atoms with Crippen LogP contribution >= 0.6 is 12.2 Å². The third-order valence-electron chi connectivity index (χ3n) is 5.95. The van der Waals surface area contributed by atoms with E-state index in [2.05, 4.69) is 5.32 Å². The van der Waals surface area contributed by atoms with Gasteiger partial charge in [-0.1, -0.05) is 6.07 Å². The number of nitrogens with one attached hydrogen (secondary N) is 1. The molecule has 1 saturated heterocycles. The first kappa shape index (κ1) is 24.8. The fraction of sp³-hybridized carbons (Fsp3) is 0.192. The molecular weight excluding hydrogens is 480 g/mol. The van der Waals surface area contributed by atoms with Gasteiger partial charge < -0.3 is 9.30 Å². The largest absolute Gasteiger partial charge is 0.495 e. The van der Waals surface area contributed by atoms with E-state index in [1.807, 2.05) is 39.0 Å². The minimum atomic E-state index is -0.594. The number of benzene rings is 2. The van der Waals surface area contributed by atoms with Crippen LogP contribution in [0.15, 0.2) is 48.0 Å². The van der Waals surface area contributed by atoms with Gasteiger partial charge >= 0.3 is 0 Å². The average molecular weight is 505 g/mol. The Morgan fingerprint density at radius 2 is 1.69 bits per heavy atom. The standard InChI is InChI=1S/C26H24N4O5S/c1-14-8-15(2)10-20(9-14)29-25(32)21(24(31)27-26(29)36)12-18-11-16(3)28(17(18)4)22-13-19(30(33)34)6-7-23(22)35-5/h6-13H,1-5H3,(H,27,31,36)/b21-12+. The lowest BCUT2D eigenvalue weighted by atomic mass is 10.1. The van der Waals surface area contributed by atoms with Crippen molar-refractivity contribution in [3.8, 4) is 11.4 Å². The Morgan fingerprint density at radius 3 is 2.31 bits per heavy atom. The molecule has 0 aliphatic carbocycles. The highest BCUT2D eigenvalue weighted by Gasteiger charge is 2.35. The van der Waals surface area contributed by atoms with Gasteiger partial charge in [0.2, 0.25) is 0 Å². The molecule has 3 aromatic rings. The molecule has 36 heavy (non-hydrogen) atoms. The molecule has 10 heteroatoms. The normalized spacial score (nSPS) is 14.9. The van der Waals surface area contributed by atoms with Gasteiger partial charge in [-0.05, 0) is 86.9 Å². The number of methoxy groups -OCH3 is 1. The number of nitrogens with zero attached hydrogens (tertiary/aromatic N) is 3. The van der Waals surface area contributed by atoms with Crippen LogP contribution in [0.3, 0.4) is 0 Å². The number of aromatic nitrogens is 1. The van der Waals surface area contributed by atoms with E-state index >= 15 is 0 Å². The quantitative estimate of drug-likeness (QED) is 0.181. The van der Waals surface area contributed by atoms with Crippen molar-refractivity contribution in [3.63, 3.8) is 0 Å². The average Bonchev–Trinajstić information content (AvgIpc) is 3.07. The Kier molecular flexibility index (Phi) is 6.47. The number of hydrogen-bond acceptors (Lipinski definition) is 6. The third kappa shape index (κ3) is 4.38. The van der Waals surface area contributed by atoms with Crippen molar-refractivity contribution in [2.45, 2.75) is 27.7 Å². The molecule has 1 aliphatic heterocycles. The van der Waals surface area contributed by atoms with Gasteiger partial charge in [0.05, 0.1) is 23.4 Å². The van der Waals surface area contributed by atoms with Crippen molar-refractivity contribution in [2.24, 2.45) is 0 Å². The summed E-state index contributed by atoms with van der Waals surface area (Å²) in [5.74, 6) is -0.686. The minimum Gasteiger partial charge on any atom is -0.495 e. The number of nitro benzene ring substituents is 1. The van der Waals surface area contributed by atoms with E-state index in [0.29, 0.717) is 28.4 Å². The zero-order chi connectivity index (χ0) is 26.3. The summed E-state index contributed by atoms with van der Waals surface area (Å²) in [6, 6.07) is 11.8. The van der Waals surface area contributed by atoms with E-state index < -0.39 is 16.7 Å². The summed E-state index contributed by atoms with van der Waals surface area (Å²) in [6.07, 6.45) is 1.51. The summed E-state index contributed by atoms with van der Waals surface area (Å²) in [6.45, 7) is 7.46. The maximum atomic E-state index is 13.5. The van der Waals surface area contributed by atoms with E-state index in [1.54, 1.807) is 17.6 Å². The molecule has 2 amide bonds.